The van der Waals surface area contributed by atoms with Crippen molar-refractivity contribution in [2.24, 2.45) is 5.84 Å². The quantitative estimate of drug-likeness (QED) is 0.360. The summed E-state index contributed by atoms with van der Waals surface area (Å²) in [5, 5.41) is 0.734. The zero-order chi connectivity index (χ0) is 10.0. The third kappa shape index (κ3) is 2.34. The van der Waals surface area contributed by atoms with E-state index in [-0.39, 0.29) is 0 Å². The molecule has 0 saturated heterocycles. The Morgan fingerprint density at radius 2 is 1.85 bits per heavy atom. The molecule has 70 valence electrons. The fourth-order valence-corrected chi connectivity index (χ4v) is 1.49. The van der Waals surface area contributed by atoms with Crippen molar-refractivity contribution >= 4 is 45.0 Å². The smallest absolute Gasteiger partial charge is 0.265 e. The number of nitrogens with one attached hydrogen (secondary N) is 1. The molecule has 6 heteroatoms. The first-order valence-corrected chi connectivity index (χ1v) is 4.76. The molecule has 1 amide bonds. The number of hydrogen-bond donors (Lipinski definition) is 2. The van der Waals surface area contributed by atoms with Crippen molar-refractivity contribution in [2.45, 2.75) is 0 Å². The topological polar surface area (TPSA) is 55.1 Å². The van der Waals surface area contributed by atoms with Gasteiger partial charge in [0.25, 0.3) is 5.91 Å². The van der Waals surface area contributed by atoms with Crippen LogP contribution in [-0.2, 0) is 0 Å². The summed E-state index contributed by atoms with van der Waals surface area (Å²) >= 11 is 14.7. The van der Waals surface area contributed by atoms with Gasteiger partial charge in [0, 0.05) is 5.56 Å². The van der Waals surface area contributed by atoms with Gasteiger partial charge in [-0.15, -0.1) is 0 Å². The van der Waals surface area contributed by atoms with Crippen molar-refractivity contribution in [3.05, 3.63) is 32.2 Å². The molecule has 0 aliphatic carbocycles. The van der Waals surface area contributed by atoms with Gasteiger partial charge in [0.1, 0.15) is 0 Å². The van der Waals surface area contributed by atoms with E-state index in [0.29, 0.717) is 20.1 Å². The molecule has 1 aromatic carbocycles. The Hall–Kier alpha value is -0.290. The van der Waals surface area contributed by atoms with Crippen molar-refractivity contribution in [1.29, 1.82) is 0 Å². The molecule has 3 N–H and O–H groups in total. The lowest BCUT2D eigenvalue weighted by Gasteiger charge is -2.03. The molecule has 0 aliphatic rings. The Kier molecular flexibility index (Phi) is 3.55. The summed E-state index contributed by atoms with van der Waals surface area (Å²) in [6.45, 7) is 0. The molecule has 3 nitrogen and oxygen atoms in total. The van der Waals surface area contributed by atoms with Gasteiger partial charge in [-0.1, -0.05) is 23.2 Å². The largest absolute Gasteiger partial charge is 0.290 e. The molecule has 0 fully saturated rings. The Bertz CT molecular complexity index is 333. The van der Waals surface area contributed by atoms with E-state index in [1.807, 2.05) is 5.43 Å². The lowest BCUT2D eigenvalue weighted by Crippen LogP contribution is -2.29. The summed E-state index contributed by atoms with van der Waals surface area (Å²) in [6, 6.07) is 2.94. The summed E-state index contributed by atoms with van der Waals surface area (Å²) < 4.78 is 0.560. The highest BCUT2D eigenvalue weighted by atomic mass is 79.9. The van der Waals surface area contributed by atoms with E-state index >= 15 is 0 Å². The van der Waals surface area contributed by atoms with Gasteiger partial charge >= 0.3 is 0 Å². The molecule has 0 aliphatic heterocycles. The highest BCUT2D eigenvalue weighted by Crippen LogP contribution is 2.31. The van der Waals surface area contributed by atoms with Crippen molar-refractivity contribution in [3.8, 4) is 0 Å². The minimum atomic E-state index is -0.434. The molecule has 1 aromatic rings. The molecule has 0 aromatic heterocycles. The molecule has 0 heterocycles. The SMILES string of the molecule is NNC(=O)c1cc(Cl)c(Br)c(Cl)c1. The maximum absolute atomic E-state index is 11.1. The average Bonchev–Trinajstić information content (AvgIpc) is 2.12. The van der Waals surface area contributed by atoms with Crippen LogP contribution in [0.3, 0.4) is 0 Å². The molecule has 0 spiro atoms. The number of nitrogen functional groups attached to an aromatic ring is 1. The number of hydrazine groups is 1. The number of carbonyl (C=O) groups is 1. The lowest BCUT2D eigenvalue weighted by molar-refractivity contribution is 0.0953. The Morgan fingerprint density at radius 3 is 2.23 bits per heavy atom. The van der Waals surface area contributed by atoms with Crippen LogP contribution in [0, 0.1) is 0 Å². The highest BCUT2D eigenvalue weighted by Gasteiger charge is 2.09. The van der Waals surface area contributed by atoms with E-state index < -0.39 is 5.91 Å². The number of nitrogens with two attached hydrogens (primary N) is 1. The summed E-state index contributed by atoms with van der Waals surface area (Å²) in [6.07, 6.45) is 0. The predicted octanol–water partition coefficient (Wildman–Crippen LogP) is 2.36. The van der Waals surface area contributed by atoms with Gasteiger partial charge in [-0.2, -0.15) is 0 Å². The van der Waals surface area contributed by atoms with Gasteiger partial charge in [-0.05, 0) is 28.1 Å². The fraction of sp³-hybridized carbons (Fsp3) is 0. The lowest BCUT2D eigenvalue weighted by atomic mass is 10.2. The summed E-state index contributed by atoms with van der Waals surface area (Å²) in [5.41, 5.74) is 2.30. The van der Waals surface area contributed by atoms with Gasteiger partial charge < -0.3 is 0 Å². The second kappa shape index (κ2) is 4.28. The molecule has 0 unspecified atom stereocenters. The first kappa shape index (κ1) is 10.8. The molecule has 0 radical (unpaired) electrons. The van der Waals surface area contributed by atoms with E-state index in [1.54, 1.807) is 0 Å². The van der Waals surface area contributed by atoms with Crippen molar-refractivity contribution in [3.63, 3.8) is 0 Å². The van der Waals surface area contributed by atoms with Gasteiger partial charge in [0.2, 0.25) is 0 Å². The number of benzene rings is 1. The summed E-state index contributed by atoms with van der Waals surface area (Å²) in [4.78, 5) is 11.1. The van der Waals surface area contributed by atoms with Crippen LogP contribution in [0.2, 0.25) is 10.0 Å². The first-order chi connectivity index (χ1) is 6.06. The third-order valence-electron chi connectivity index (χ3n) is 1.38. The van der Waals surface area contributed by atoms with E-state index in [2.05, 4.69) is 15.9 Å². The zero-order valence-electron chi connectivity index (χ0n) is 6.27. The molecule has 0 bridgehead atoms. The third-order valence-corrected chi connectivity index (χ3v) is 3.28. The van der Waals surface area contributed by atoms with Crippen LogP contribution in [0.4, 0.5) is 0 Å². The van der Waals surface area contributed by atoms with Crippen LogP contribution in [0.1, 0.15) is 10.4 Å². The number of amides is 1. The predicted molar refractivity (Wildman–Crippen MR) is 55.8 cm³/mol. The molecular weight excluding hydrogens is 279 g/mol. The van der Waals surface area contributed by atoms with Crippen LogP contribution in [-0.4, -0.2) is 5.91 Å². The Labute approximate surface area is 93.3 Å². The number of hydrogen-bond acceptors (Lipinski definition) is 2. The monoisotopic (exact) mass is 282 g/mol. The first-order valence-electron chi connectivity index (χ1n) is 3.21. The molecular formula is C7H5BrCl2N2O. The van der Waals surface area contributed by atoms with Crippen molar-refractivity contribution < 1.29 is 4.79 Å². The highest BCUT2D eigenvalue weighted by molar-refractivity contribution is 9.10. The van der Waals surface area contributed by atoms with Crippen LogP contribution in [0.15, 0.2) is 16.6 Å². The molecule has 0 atom stereocenters. The van der Waals surface area contributed by atoms with Gasteiger partial charge in [0.15, 0.2) is 0 Å². The van der Waals surface area contributed by atoms with E-state index in [4.69, 9.17) is 29.0 Å². The maximum atomic E-state index is 11.1. The minimum Gasteiger partial charge on any atom is -0.290 e. The molecule has 13 heavy (non-hydrogen) atoms. The second-order valence-electron chi connectivity index (χ2n) is 2.23. The van der Waals surface area contributed by atoms with E-state index in [0.717, 1.165) is 0 Å². The van der Waals surface area contributed by atoms with Crippen molar-refractivity contribution in [1.82, 2.24) is 5.43 Å². The molecule has 1 rings (SSSR count). The Balaban J connectivity index is 3.20. The Morgan fingerprint density at radius 1 is 1.38 bits per heavy atom. The van der Waals surface area contributed by atoms with Crippen LogP contribution >= 0.6 is 39.1 Å². The van der Waals surface area contributed by atoms with Gasteiger partial charge in [-0.3, -0.25) is 10.2 Å². The van der Waals surface area contributed by atoms with Crippen LogP contribution in [0.5, 0.6) is 0 Å². The van der Waals surface area contributed by atoms with E-state index in [1.165, 1.54) is 12.1 Å². The average molecular weight is 284 g/mol. The normalized spacial score (nSPS) is 9.85. The van der Waals surface area contributed by atoms with Crippen LogP contribution in [0.25, 0.3) is 0 Å². The van der Waals surface area contributed by atoms with Gasteiger partial charge in [-0.25, -0.2) is 5.84 Å². The summed E-state index contributed by atoms with van der Waals surface area (Å²) in [5.74, 6) is 4.51. The summed E-state index contributed by atoms with van der Waals surface area (Å²) in [7, 11) is 0. The number of rotatable bonds is 1. The standard InChI is InChI=1S/C7H5BrCl2N2O/c8-6-4(9)1-3(2-5(6)10)7(13)12-11/h1-2H,11H2,(H,12,13). The second-order valence-corrected chi connectivity index (χ2v) is 3.83. The number of carbonyl (C=O) groups excluding carboxylic acids is 1. The maximum Gasteiger partial charge on any atom is 0.265 e. The van der Waals surface area contributed by atoms with Crippen molar-refractivity contribution in [2.75, 3.05) is 0 Å². The molecule has 0 saturated carbocycles. The zero-order valence-corrected chi connectivity index (χ0v) is 9.37. The minimum absolute atomic E-state index is 0.320. The van der Waals surface area contributed by atoms with Gasteiger partial charge in [0.05, 0.1) is 14.5 Å². The van der Waals surface area contributed by atoms with Crippen LogP contribution < -0.4 is 11.3 Å². The number of halogens is 3. The fourth-order valence-electron chi connectivity index (χ4n) is 0.770. The van der Waals surface area contributed by atoms with E-state index in [9.17, 15) is 4.79 Å².